The van der Waals surface area contributed by atoms with E-state index in [0.717, 1.165) is 6.04 Å². The zero-order chi connectivity index (χ0) is 9.86. The largest absolute Gasteiger partial charge is 0.313 e. The Bertz CT molecular complexity index is 167. The molecule has 0 radical (unpaired) electrons. The topological polar surface area (TPSA) is 24.1 Å². The Hall–Kier alpha value is -0.0800. The average molecular weight is 196 g/mol. The summed E-state index contributed by atoms with van der Waals surface area (Å²) in [4.78, 5) is 0. The molecule has 2 nitrogen and oxygen atoms in total. The van der Waals surface area contributed by atoms with Crippen molar-refractivity contribution >= 4 is 0 Å². The highest BCUT2D eigenvalue weighted by Gasteiger charge is 2.31. The van der Waals surface area contributed by atoms with Gasteiger partial charge in [-0.2, -0.15) is 0 Å². The van der Waals surface area contributed by atoms with E-state index in [1.165, 1.54) is 58.0 Å². The van der Waals surface area contributed by atoms with Gasteiger partial charge in [-0.25, -0.2) is 0 Å². The standard InChI is InChI=1S/C12H24N2/c1-12(7-5-8-12)14-10-11-6-3-2-4-9-13-11/h11,13-14H,2-10H2,1H3. The van der Waals surface area contributed by atoms with Crippen LogP contribution in [0.2, 0.25) is 0 Å². The summed E-state index contributed by atoms with van der Waals surface area (Å²) in [5, 5.41) is 7.37. The van der Waals surface area contributed by atoms with Crippen molar-refractivity contribution in [3.8, 4) is 0 Å². The Morgan fingerprint density at radius 1 is 1.21 bits per heavy atom. The second kappa shape index (κ2) is 4.63. The predicted molar refractivity (Wildman–Crippen MR) is 60.5 cm³/mol. The van der Waals surface area contributed by atoms with Gasteiger partial charge in [0.2, 0.25) is 0 Å². The molecule has 2 heteroatoms. The molecular formula is C12H24N2. The van der Waals surface area contributed by atoms with Gasteiger partial charge in [0.25, 0.3) is 0 Å². The summed E-state index contributed by atoms with van der Waals surface area (Å²) in [5.41, 5.74) is 0.480. The van der Waals surface area contributed by atoms with Crippen molar-refractivity contribution in [3.05, 3.63) is 0 Å². The first kappa shape index (κ1) is 10.4. The molecule has 1 saturated heterocycles. The molecule has 0 spiro atoms. The van der Waals surface area contributed by atoms with Crippen LogP contribution in [0.5, 0.6) is 0 Å². The highest BCUT2D eigenvalue weighted by Crippen LogP contribution is 2.30. The van der Waals surface area contributed by atoms with Gasteiger partial charge < -0.3 is 10.6 Å². The van der Waals surface area contributed by atoms with Crippen molar-refractivity contribution in [3.63, 3.8) is 0 Å². The lowest BCUT2D eigenvalue weighted by Crippen LogP contribution is -2.52. The summed E-state index contributed by atoms with van der Waals surface area (Å²) in [6.45, 7) is 4.77. The van der Waals surface area contributed by atoms with Gasteiger partial charge in [0.1, 0.15) is 0 Å². The smallest absolute Gasteiger partial charge is 0.0192 e. The summed E-state index contributed by atoms with van der Waals surface area (Å²) < 4.78 is 0. The lowest BCUT2D eigenvalue weighted by molar-refractivity contribution is 0.200. The zero-order valence-corrected chi connectivity index (χ0v) is 9.44. The van der Waals surface area contributed by atoms with Crippen LogP contribution in [0.3, 0.4) is 0 Å². The molecule has 0 amide bonds. The summed E-state index contributed by atoms with van der Waals surface area (Å²) in [6.07, 6.45) is 9.73. The van der Waals surface area contributed by atoms with Crippen LogP contribution >= 0.6 is 0 Å². The minimum absolute atomic E-state index is 0.480. The molecule has 14 heavy (non-hydrogen) atoms. The van der Waals surface area contributed by atoms with Gasteiger partial charge in [-0.3, -0.25) is 0 Å². The van der Waals surface area contributed by atoms with Crippen molar-refractivity contribution in [1.82, 2.24) is 10.6 Å². The van der Waals surface area contributed by atoms with Crippen molar-refractivity contribution in [2.24, 2.45) is 0 Å². The molecule has 1 saturated carbocycles. The molecule has 2 aliphatic rings. The van der Waals surface area contributed by atoms with Gasteiger partial charge >= 0.3 is 0 Å². The fourth-order valence-electron chi connectivity index (χ4n) is 2.53. The first-order valence-electron chi connectivity index (χ1n) is 6.27. The molecule has 1 atom stereocenters. The van der Waals surface area contributed by atoms with Crippen LogP contribution in [-0.4, -0.2) is 24.7 Å². The van der Waals surface area contributed by atoms with Gasteiger partial charge in [0.05, 0.1) is 0 Å². The molecule has 0 aromatic rings. The first-order chi connectivity index (χ1) is 6.79. The summed E-state index contributed by atoms with van der Waals surface area (Å²) in [7, 11) is 0. The Morgan fingerprint density at radius 3 is 2.79 bits per heavy atom. The van der Waals surface area contributed by atoms with Crippen LogP contribution in [0.4, 0.5) is 0 Å². The molecule has 1 heterocycles. The van der Waals surface area contributed by atoms with Gasteiger partial charge in [-0.05, 0) is 45.6 Å². The zero-order valence-electron chi connectivity index (χ0n) is 9.44. The van der Waals surface area contributed by atoms with E-state index >= 15 is 0 Å². The molecule has 1 unspecified atom stereocenters. The van der Waals surface area contributed by atoms with E-state index in [4.69, 9.17) is 0 Å². The van der Waals surface area contributed by atoms with Crippen LogP contribution in [0.15, 0.2) is 0 Å². The Labute approximate surface area is 87.8 Å². The lowest BCUT2D eigenvalue weighted by atomic mass is 9.78. The van der Waals surface area contributed by atoms with Crippen molar-refractivity contribution in [2.75, 3.05) is 13.1 Å². The molecule has 82 valence electrons. The average Bonchev–Trinajstić information content (AvgIpc) is 2.40. The maximum absolute atomic E-state index is 3.73. The van der Waals surface area contributed by atoms with E-state index in [1.807, 2.05) is 0 Å². The molecule has 1 aliphatic carbocycles. The van der Waals surface area contributed by atoms with Crippen LogP contribution in [0.25, 0.3) is 0 Å². The third-order valence-corrected chi connectivity index (χ3v) is 3.89. The molecule has 2 rings (SSSR count). The van der Waals surface area contributed by atoms with Gasteiger partial charge in [0.15, 0.2) is 0 Å². The number of nitrogens with one attached hydrogen (secondary N) is 2. The predicted octanol–water partition coefficient (Wildman–Crippen LogP) is 2.05. The summed E-state index contributed by atoms with van der Waals surface area (Å²) in [6, 6.07) is 0.731. The second-order valence-electron chi connectivity index (χ2n) is 5.30. The van der Waals surface area contributed by atoms with E-state index in [1.54, 1.807) is 0 Å². The van der Waals surface area contributed by atoms with Crippen molar-refractivity contribution in [2.45, 2.75) is 63.5 Å². The summed E-state index contributed by atoms with van der Waals surface area (Å²) in [5.74, 6) is 0. The quantitative estimate of drug-likeness (QED) is 0.722. The highest BCUT2D eigenvalue weighted by molar-refractivity contribution is 4.92. The van der Waals surface area contributed by atoms with E-state index in [-0.39, 0.29) is 0 Å². The molecule has 2 N–H and O–H groups in total. The lowest BCUT2D eigenvalue weighted by Gasteiger charge is -2.40. The van der Waals surface area contributed by atoms with Crippen molar-refractivity contribution in [1.29, 1.82) is 0 Å². The first-order valence-corrected chi connectivity index (χ1v) is 6.27. The van der Waals surface area contributed by atoms with Gasteiger partial charge in [-0.1, -0.05) is 12.8 Å². The number of hydrogen-bond acceptors (Lipinski definition) is 2. The molecule has 1 aliphatic heterocycles. The summed E-state index contributed by atoms with van der Waals surface area (Å²) >= 11 is 0. The Morgan fingerprint density at radius 2 is 2.07 bits per heavy atom. The fraction of sp³-hybridized carbons (Fsp3) is 1.00. The van der Waals surface area contributed by atoms with Crippen LogP contribution in [0, 0.1) is 0 Å². The van der Waals surface area contributed by atoms with Crippen molar-refractivity contribution < 1.29 is 0 Å². The van der Waals surface area contributed by atoms with E-state index in [0.29, 0.717) is 5.54 Å². The minimum Gasteiger partial charge on any atom is -0.313 e. The maximum atomic E-state index is 3.73. The third kappa shape index (κ3) is 2.71. The van der Waals surface area contributed by atoms with Crippen LogP contribution in [0.1, 0.15) is 51.9 Å². The second-order valence-corrected chi connectivity index (χ2v) is 5.30. The maximum Gasteiger partial charge on any atom is 0.0192 e. The normalized spacial score (nSPS) is 31.9. The molecule has 0 bridgehead atoms. The molecule has 0 aromatic carbocycles. The van der Waals surface area contributed by atoms with E-state index < -0.39 is 0 Å². The Balaban J connectivity index is 1.68. The van der Waals surface area contributed by atoms with Crippen LogP contribution in [-0.2, 0) is 0 Å². The van der Waals surface area contributed by atoms with Crippen LogP contribution < -0.4 is 10.6 Å². The molecule has 0 aromatic heterocycles. The number of hydrogen-bond donors (Lipinski definition) is 2. The van der Waals surface area contributed by atoms with E-state index in [9.17, 15) is 0 Å². The fourth-order valence-corrected chi connectivity index (χ4v) is 2.53. The highest BCUT2D eigenvalue weighted by atomic mass is 15.0. The van der Waals surface area contributed by atoms with E-state index in [2.05, 4.69) is 17.6 Å². The Kier molecular flexibility index (Phi) is 3.45. The minimum atomic E-state index is 0.480. The molecule has 2 fully saturated rings. The molecular weight excluding hydrogens is 172 g/mol. The third-order valence-electron chi connectivity index (χ3n) is 3.89. The monoisotopic (exact) mass is 196 g/mol. The van der Waals surface area contributed by atoms with Gasteiger partial charge in [-0.15, -0.1) is 0 Å². The SMILES string of the molecule is CC1(NCC2CCCCCN2)CCC1. The number of rotatable bonds is 3. The van der Waals surface area contributed by atoms with Gasteiger partial charge in [0, 0.05) is 18.1 Å².